The van der Waals surface area contributed by atoms with E-state index in [-0.39, 0.29) is 0 Å². The predicted molar refractivity (Wildman–Crippen MR) is 92.2 cm³/mol. The van der Waals surface area contributed by atoms with E-state index in [0.717, 1.165) is 23.0 Å². The van der Waals surface area contributed by atoms with Gasteiger partial charge in [-0.3, -0.25) is 4.98 Å². The molecule has 2 heterocycles. The predicted octanol–water partition coefficient (Wildman–Crippen LogP) is 4.73. The van der Waals surface area contributed by atoms with E-state index >= 15 is 0 Å². The number of aromatic nitrogens is 3. The van der Waals surface area contributed by atoms with Gasteiger partial charge in [0, 0.05) is 19.5 Å². The van der Waals surface area contributed by atoms with Crippen molar-refractivity contribution in [1.82, 2.24) is 14.5 Å². The molecule has 0 saturated heterocycles. The average Bonchev–Trinajstić information content (AvgIpc) is 2.80. The maximum absolute atomic E-state index is 4.49. The molecule has 4 nitrogen and oxygen atoms in total. The van der Waals surface area contributed by atoms with Gasteiger partial charge in [0.2, 0.25) is 0 Å². The number of aliphatic imine (C=N–C) groups is 1. The first-order valence-electron chi connectivity index (χ1n) is 7.16. The third-order valence-corrected chi connectivity index (χ3v) is 2.38. The Labute approximate surface area is 128 Å². The Bertz CT molecular complexity index is 554. The van der Waals surface area contributed by atoms with Gasteiger partial charge in [0.05, 0.1) is 5.69 Å². The Morgan fingerprint density at radius 2 is 1.86 bits per heavy atom. The number of allylic oxidation sites excluding steroid dienone is 1. The summed E-state index contributed by atoms with van der Waals surface area (Å²) in [6.45, 7) is 13.1. The van der Waals surface area contributed by atoms with Gasteiger partial charge in [-0.15, -0.1) is 6.58 Å². The molecule has 2 aromatic heterocycles. The number of hydrogen-bond donors (Lipinski definition) is 0. The van der Waals surface area contributed by atoms with Crippen LogP contribution in [0.25, 0.3) is 11.5 Å². The summed E-state index contributed by atoms with van der Waals surface area (Å²) < 4.78 is 1.96. The van der Waals surface area contributed by atoms with Crippen molar-refractivity contribution in [2.45, 2.75) is 34.6 Å². The van der Waals surface area contributed by atoms with Crippen LogP contribution in [0.1, 0.15) is 33.4 Å². The first-order chi connectivity index (χ1) is 10.2. The van der Waals surface area contributed by atoms with Crippen LogP contribution >= 0.6 is 0 Å². The lowest BCUT2D eigenvalue weighted by atomic mass is 10.3. The summed E-state index contributed by atoms with van der Waals surface area (Å²) in [5.74, 6) is 1.72. The molecule has 114 valence electrons. The number of rotatable bonds is 2. The zero-order valence-electron chi connectivity index (χ0n) is 14.0. The molecule has 2 aromatic rings. The summed E-state index contributed by atoms with van der Waals surface area (Å²) in [5.41, 5.74) is 1.78. The third kappa shape index (κ3) is 5.34. The van der Waals surface area contributed by atoms with Gasteiger partial charge < -0.3 is 4.57 Å². The molecule has 0 saturated carbocycles. The van der Waals surface area contributed by atoms with Gasteiger partial charge in [-0.1, -0.05) is 26.0 Å². The molecule has 0 aliphatic rings. The van der Waals surface area contributed by atoms with E-state index in [1.165, 1.54) is 0 Å². The highest BCUT2D eigenvalue weighted by molar-refractivity contribution is 5.63. The summed E-state index contributed by atoms with van der Waals surface area (Å²) in [6.07, 6.45) is 5.29. The molecule has 0 unspecified atom stereocenters. The van der Waals surface area contributed by atoms with Gasteiger partial charge in [-0.05, 0) is 32.9 Å². The van der Waals surface area contributed by atoms with E-state index in [2.05, 4.69) is 21.5 Å². The average molecular weight is 286 g/mol. The number of imidazole rings is 1. The van der Waals surface area contributed by atoms with Crippen molar-refractivity contribution < 1.29 is 0 Å². The smallest absolute Gasteiger partial charge is 0.160 e. The molecule has 0 spiro atoms. The minimum atomic E-state index is 0.846. The normalized spacial score (nSPS) is 9.43. The minimum absolute atomic E-state index is 0.846. The Balaban J connectivity index is 0.000000713. The van der Waals surface area contributed by atoms with Gasteiger partial charge >= 0.3 is 0 Å². The molecule has 0 radical (unpaired) electrons. The lowest BCUT2D eigenvalue weighted by Crippen LogP contribution is -1.93. The van der Waals surface area contributed by atoms with Crippen LogP contribution in [0.3, 0.4) is 0 Å². The first-order valence-corrected chi connectivity index (χ1v) is 7.16. The van der Waals surface area contributed by atoms with Crippen LogP contribution in [-0.2, 0) is 7.05 Å². The molecule has 0 aliphatic carbocycles. The quantitative estimate of drug-likeness (QED) is 0.591. The zero-order chi connectivity index (χ0) is 16.3. The number of pyridine rings is 1. The van der Waals surface area contributed by atoms with E-state index in [9.17, 15) is 0 Å². The van der Waals surface area contributed by atoms with E-state index in [0.29, 0.717) is 0 Å². The van der Waals surface area contributed by atoms with Crippen molar-refractivity contribution in [3.05, 3.63) is 42.7 Å². The monoisotopic (exact) mass is 286 g/mol. The summed E-state index contributed by atoms with van der Waals surface area (Å²) >= 11 is 0. The van der Waals surface area contributed by atoms with E-state index in [1.54, 1.807) is 18.5 Å². The van der Waals surface area contributed by atoms with Crippen molar-refractivity contribution in [3.63, 3.8) is 0 Å². The lowest BCUT2D eigenvalue weighted by molar-refractivity contribution is 0.916. The van der Waals surface area contributed by atoms with Crippen molar-refractivity contribution >= 4 is 12.0 Å². The zero-order valence-corrected chi connectivity index (χ0v) is 14.0. The molecule has 4 heteroatoms. The van der Waals surface area contributed by atoms with Gasteiger partial charge in [-0.2, -0.15) is 0 Å². The maximum Gasteiger partial charge on any atom is 0.160 e. The summed E-state index contributed by atoms with van der Waals surface area (Å²) in [5, 5.41) is 0. The first kappa shape index (κ1) is 18.8. The Kier molecular flexibility index (Phi) is 9.43. The molecule has 2 rings (SSSR count). The summed E-state index contributed by atoms with van der Waals surface area (Å²) in [7, 11) is 1.95. The summed E-state index contributed by atoms with van der Waals surface area (Å²) in [4.78, 5) is 13.1. The van der Waals surface area contributed by atoms with Gasteiger partial charge in [0.25, 0.3) is 0 Å². The molecular formula is C17H26N4. The topological polar surface area (TPSA) is 43.1 Å². The van der Waals surface area contributed by atoms with Crippen molar-refractivity contribution in [1.29, 1.82) is 0 Å². The molecule has 0 amide bonds. The van der Waals surface area contributed by atoms with E-state index in [1.807, 2.05) is 64.4 Å². The lowest BCUT2D eigenvalue weighted by Gasteiger charge is -2.01. The molecule has 0 bridgehead atoms. The highest BCUT2D eigenvalue weighted by Crippen LogP contribution is 2.24. The van der Waals surface area contributed by atoms with Crippen LogP contribution in [0, 0.1) is 6.92 Å². The molecule has 21 heavy (non-hydrogen) atoms. The fourth-order valence-electron chi connectivity index (χ4n) is 1.65. The van der Waals surface area contributed by atoms with Crippen LogP contribution in [0.4, 0.5) is 5.82 Å². The molecule has 0 atom stereocenters. The van der Waals surface area contributed by atoms with Crippen molar-refractivity contribution in [3.8, 4) is 11.5 Å². The molecule has 0 fully saturated rings. The fraction of sp³-hybridized carbons (Fsp3) is 0.353. The van der Waals surface area contributed by atoms with E-state index < -0.39 is 0 Å². The Morgan fingerprint density at radius 1 is 1.24 bits per heavy atom. The second-order valence-electron chi connectivity index (χ2n) is 3.91. The van der Waals surface area contributed by atoms with Gasteiger partial charge in [-0.25, -0.2) is 9.98 Å². The number of nitrogens with zero attached hydrogens (tertiary/aromatic N) is 4. The largest absolute Gasteiger partial charge is 0.311 e. The molecule has 0 aromatic carbocycles. The van der Waals surface area contributed by atoms with Gasteiger partial charge in [0.1, 0.15) is 5.69 Å². The van der Waals surface area contributed by atoms with Gasteiger partial charge in [0.15, 0.2) is 11.6 Å². The van der Waals surface area contributed by atoms with E-state index in [4.69, 9.17) is 0 Å². The Hall–Kier alpha value is -2.23. The van der Waals surface area contributed by atoms with Crippen LogP contribution < -0.4 is 0 Å². The van der Waals surface area contributed by atoms with Crippen molar-refractivity contribution in [2.24, 2.45) is 12.0 Å². The number of aryl methyl sites for hydroxylation is 1. The fourth-order valence-corrected chi connectivity index (χ4v) is 1.65. The standard InChI is InChI=1S/C12H14N4.C3H6.C2H6/c1-4-13-11-9(2)15-12(16(11)3)10-7-5-6-8-14-10;1-3-2;1-2/h4-8H,1-3H3;3H,1H2,2H3;1-2H3/b13-4-;;. The second kappa shape index (κ2) is 10.5. The minimum Gasteiger partial charge on any atom is -0.311 e. The molecular weight excluding hydrogens is 260 g/mol. The molecule has 0 N–H and O–H groups in total. The third-order valence-electron chi connectivity index (χ3n) is 2.38. The Morgan fingerprint density at radius 3 is 2.33 bits per heavy atom. The SMILES string of the molecule is C/C=N\c1c(C)nc(-c2ccccn2)n1C.C=CC.CC. The second-order valence-corrected chi connectivity index (χ2v) is 3.91. The highest BCUT2D eigenvalue weighted by Gasteiger charge is 2.12. The van der Waals surface area contributed by atoms with Crippen LogP contribution in [0.5, 0.6) is 0 Å². The van der Waals surface area contributed by atoms with Crippen LogP contribution in [0.15, 0.2) is 42.0 Å². The summed E-state index contributed by atoms with van der Waals surface area (Å²) in [6, 6.07) is 5.79. The number of hydrogen-bond acceptors (Lipinski definition) is 3. The van der Waals surface area contributed by atoms with Crippen LogP contribution in [0.2, 0.25) is 0 Å². The van der Waals surface area contributed by atoms with Crippen molar-refractivity contribution in [2.75, 3.05) is 0 Å². The van der Waals surface area contributed by atoms with Crippen LogP contribution in [-0.4, -0.2) is 20.7 Å². The maximum atomic E-state index is 4.49. The highest BCUT2D eigenvalue weighted by atomic mass is 15.1. The molecule has 0 aliphatic heterocycles.